The average molecular weight is 396 g/mol. The van der Waals surface area contributed by atoms with Crippen LogP contribution in [0.4, 0.5) is 5.69 Å². The van der Waals surface area contributed by atoms with Crippen molar-refractivity contribution in [1.82, 2.24) is 4.90 Å². The van der Waals surface area contributed by atoms with Crippen molar-refractivity contribution in [2.75, 3.05) is 31.6 Å². The maximum absolute atomic E-state index is 12.5. The molecule has 2 aromatic rings. The zero-order valence-electron chi connectivity index (χ0n) is 17.2. The molecular weight excluding hydrogens is 368 g/mol. The number of hydrogen-bond donors (Lipinski definition) is 1. The quantitative estimate of drug-likeness (QED) is 0.759. The molecule has 1 heterocycles. The van der Waals surface area contributed by atoms with Crippen LogP contribution in [0.15, 0.2) is 42.5 Å². The molecule has 1 N–H and O–H groups in total. The largest absolute Gasteiger partial charge is 0.449 e. The van der Waals surface area contributed by atoms with Crippen LogP contribution in [0, 0.1) is 13.8 Å². The first-order valence-corrected chi connectivity index (χ1v) is 9.91. The normalized spacial score (nSPS) is 15.6. The van der Waals surface area contributed by atoms with E-state index in [1.54, 1.807) is 19.1 Å². The standard InChI is InChI=1S/C23H28N2O4/c1-16-5-4-6-17(2)21(16)24-22(26)18(3)29-23(27)20-9-7-19(8-10-20)15-25-11-13-28-14-12-25/h4-10,18H,11-15H2,1-3H3,(H,24,26)/t18-/m1/s1. The second-order valence-electron chi connectivity index (χ2n) is 7.39. The van der Waals surface area contributed by atoms with Crippen LogP contribution in [0.3, 0.4) is 0 Å². The maximum atomic E-state index is 12.5. The Kier molecular flexibility index (Phi) is 7.01. The highest BCUT2D eigenvalue weighted by molar-refractivity contribution is 5.98. The van der Waals surface area contributed by atoms with Gasteiger partial charge in [-0.2, -0.15) is 0 Å². The van der Waals surface area contributed by atoms with Crippen molar-refractivity contribution in [3.05, 3.63) is 64.7 Å². The molecule has 1 saturated heterocycles. The third kappa shape index (κ3) is 5.65. The van der Waals surface area contributed by atoms with Crippen LogP contribution in [-0.4, -0.2) is 49.2 Å². The Morgan fingerprint density at radius 1 is 1.07 bits per heavy atom. The summed E-state index contributed by atoms with van der Waals surface area (Å²) in [4.78, 5) is 27.2. The molecule has 0 aromatic heterocycles. The summed E-state index contributed by atoms with van der Waals surface area (Å²) in [5.74, 6) is -0.855. The number of nitrogens with zero attached hydrogens (tertiary/aromatic N) is 1. The summed E-state index contributed by atoms with van der Waals surface area (Å²) >= 11 is 0. The Hall–Kier alpha value is -2.70. The van der Waals surface area contributed by atoms with Crippen molar-refractivity contribution in [3.63, 3.8) is 0 Å². The van der Waals surface area contributed by atoms with Crippen molar-refractivity contribution >= 4 is 17.6 Å². The van der Waals surface area contributed by atoms with E-state index in [-0.39, 0.29) is 5.91 Å². The van der Waals surface area contributed by atoms with Crippen LogP contribution in [0.25, 0.3) is 0 Å². The molecule has 0 spiro atoms. The van der Waals surface area contributed by atoms with Gasteiger partial charge in [0, 0.05) is 25.3 Å². The number of carbonyl (C=O) groups excluding carboxylic acids is 2. The van der Waals surface area contributed by atoms with E-state index in [1.165, 1.54) is 0 Å². The molecule has 2 aromatic carbocycles. The van der Waals surface area contributed by atoms with Crippen molar-refractivity contribution < 1.29 is 19.1 Å². The number of esters is 1. The lowest BCUT2D eigenvalue weighted by molar-refractivity contribution is -0.123. The monoisotopic (exact) mass is 396 g/mol. The van der Waals surface area contributed by atoms with E-state index in [1.807, 2.05) is 44.2 Å². The summed E-state index contributed by atoms with van der Waals surface area (Å²) in [6.07, 6.45) is -0.894. The highest BCUT2D eigenvalue weighted by atomic mass is 16.5. The van der Waals surface area contributed by atoms with E-state index in [4.69, 9.17) is 9.47 Å². The van der Waals surface area contributed by atoms with Gasteiger partial charge in [-0.15, -0.1) is 0 Å². The number of aryl methyl sites for hydroxylation is 2. The van der Waals surface area contributed by atoms with Gasteiger partial charge in [0.25, 0.3) is 5.91 Å². The van der Waals surface area contributed by atoms with Crippen molar-refractivity contribution in [3.8, 4) is 0 Å². The first-order chi connectivity index (χ1) is 13.9. The van der Waals surface area contributed by atoms with Crippen molar-refractivity contribution in [1.29, 1.82) is 0 Å². The molecule has 0 saturated carbocycles. The minimum atomic E-state index is -0.894. The molecular formula is C23H28N2O4. The highest BCUT2D eigenvalue weighted by Gasteiger charge is 2.20. The van der Waals surface area contributed by atoms with E-state index < -0.39 is 12.1 Å². The second-order valence-corrected chi connectivity index (χ2v) is 7.39. The Morgan fingerprint density at radius 3 is 2.31 bits per heavy atom. The predicted octanol–water partition coefficient (Wildman–Crippen LogP) is 3.32. The van der Waals surface area contributed by atoms with Gasteiger partial charge < -0.3 is 14.8 Å². The molecule has 0 unspecified atom stereocenters. The Labute approximate surface area is 171 Å². The molecule has 1 aliphatic rings. The zero-order valence-corrected chi connectivity index (χ0v) is 17.2. The number of rotatable bonds is 6. The topological polar surface area (TPSA) is 67.9 Å². The molecule has 29 heavy (non-hydrogen) atoms. The number of amides is 1. The van der Waals surface area contributed by atoms with Gasteiger partial charge in [-0.25, -0.2) is 4.79 Å². The summed E-state index contributed by atoms with van der Waals surface area (Å²) in [5, 5.41) is 2.86. The van der Waals surface area contributed by atoms with Crippen LogP contribution in [0.2, 0.25) is 0 Å². The Morgan fingerprint density at radius 2 is 1.69 bits per heavy atom. The fourth-order valence-electron chi connectivity index (χ4n) is 3.28. The fourth-order valence-corrected chi connectivity index (χ4v) is 3.28. The van der Waals surface area contributed by atoms with Crippen LogP contribution in [-0.2, 0) is 20.8 Å². The minimum Gasteiger partial charge on any atom is -0.449 e. The molecule has 1 fully saturated rings. The average Bonchev–Trinajstić information content (AvgIpc) is 2.72. The SMILES string of the molecule is Cc1cccc(C)c1NC(=O)[C@@H](C)OC(=O)c1ccc(CN2CCOCC2)cc1. The number of anilines is 1. The number of benzene rings is 2. The number of para-hydroxylation sites is 1. The molecule has 3 rings (SSSR count). The fraction of sp³-hybridized carbons (Fsp3) is 0.391. The van der Waals surface area contributed by atoms with Gasteiger partial charge in [-0.1, -0.05) is 30.3 Å². The van der Waals surface area contributed by atoms with Crippen LogP contribution >= 0.6 is 0 Å². The number of hydrogen-bond acceptors (Lipinski definition) is 5. The summed E-state index contributed by atoms with van der Waals surface area (Å²) < 4.78 is 10.7. The van der Waals surface area contributed by atoms with E-state index in [0.29, 0.717) is 5.56 Å². The molecule has 0 aliphatic carbocycles. The maximum Gasteiger partial charge on any atom is 0.338 e. The van der Waals surface area contributed by atoms with Gasteiger partial charge in [0.1, 0.15) is 0 Å². The van der Waals surface area contributed by atoms with Gasteiger partial charge in [-0.05, 0) is 49.6 Å². The molecule has 1 aliphatic heterocycles. The lowest BCUT2D eigenvalue weighted by Gasteiger charge is -2.26. The number of ether oxygens (including phenoxy) is 2. The van der Waals surface area contributed by atoms with Crippen LogP contribution in [0.5, 0.6) is 0 Å². The van der Waals surface area contributed by atoms with Crippen molar-refractivity contribution in [2.24, 2.45) is 0 Å². The number of carbonyl (C=O) groups is 2. The third-order valence-electron chi connectivity index (χ3n) is 5.08. The lowest BCUT2D eigenvalue weighted by atomic mass is 10.1. The van der Waals surface area contributed by atoms with Crippen molar-refractivity contribution in [2.45, 2.75) is 33.4 Å². The number of nitrogens with one attached hydrogen (secondary N) is 1. The third-order valence-corrected chi connectivity index (χ3v) is 5.08. The van der Waals surface area contributed by atoms with Gasteiger partial charge in [0.05, 0.1) is 18.8 Å². The summed E-state index contributed by atoms with van der Waals surface area (Å²) in [7, 11) is 0. The Balaban J connectivity index is 1.55. The van der Waals surface area contributed by atoms with Gasteiger partial charge >= 0.3 is 5.97 Å². The van der Waals surface area contributed by atoms with Crippen LogP contribution < -0.4 is 5.32 Å². The van der Waals surface area contributed by atoms with Gasteiger partial charge in [0.2, 0.25) is 0 Å². The second kappa shape index (κ2) is 9.67. The molecule has 1 amide bonds. The highest BCUT2D eigenvalue weighted by Crippen LogP contribution is 2.20. The minimum absolute atomic E-state index is 0.348. The summed E-state index contributed by atoms with van der Waals surface area (Å²) in [5.41, 5.74) is 4.25. The molecule has 6 heteroatoms. The molecule has 154 valence electrons. The van der Waals surface area contributed by atoms with Gasteiger partial charge in [-0.3, -0.25) is 9.69 Å². The summed E-state index contributed by atoms with van der Waals surface area (Å²) in [6.45, 7) is 9.60. The van der Waals surface area contributed by atoms with E-state index >= 15 is 0 Å². The summed E-state index contributed by atoms with van der Waals surface area (Å²) in [6, 6.07) is 13.1. The molecule has 6 nitrogen and oxygen atoms in total. The molecule has 0 bridgehead atoms. The number of morpholine rings is 1. The van der Waals surface area contributed by atoms with Crippen LogP contribution in [0.1, 0.15) is 34.0 Å². The Bertz CT molecular complexity index is 837. The van der Waals surface area contributed by atoms with Gasteiger partial charge in [0.15, 0.2) is 6.10 Å². The molecule has 0 radical (unpaired) electrons. The van der Waals surface area contributed by atoms with E-state index in [0.717, 1.165) is 55.2 Å². The molecule has 1 atom stereocenters. The first kappa shape index (κ1) is 21.0. The zero-order chi connectivity index (χ0) is 20.8. The first-order valence-electron chi connectivity index (χ1n) is 9.91. The van der Waals surface area contributed by atoms with E-state index in [9.17, 15) is 9.59 Å². The van der Waals surface area contributed by atoms with E-state index in [2.05, 4.69) is 10.2 Å². The lowest BCUT2D eigenvalue weighted by Crippen LogP contribution is -2.35. The smallest absolute Gasteiger partial charge is 0.338 e. The predicted molar refractivity (Wildman–Crippen MR) is 112 cm³/mol.